The van der Waals surface area contributed by atoms with Gasteiger partial charge in [-0.2, -0.15) is 0 Å². The average Bonchev–Trinajstić information content (AvgIpc) is 3.03. The molecule has 1 saturated carbocycles. The summed E-state index contributed by atoms with van der Waals surface area (Å²) < 4.78 is 0. The average molecular weight is 192 g/mol. The maximum atomic E-state index is 9.51. The summed E-state index contributed by atoms with van der Waals surface area (Å²) >= 11 is 0. The molecule has 0 saturated heterocycles. The highest BCUT2D eigenvalue weighted by atomic mass is 17.2. The normalized spacial score (nSPS) is 15.5. The second kappa shape index (κ2) is 4.60. The second-order valence-electron chi connectivity index (χ2n) is 3.59. The Morgan fingerprint density at radius 2 is 2.00 bits per heavy atom. The van der Waals surface area contributed by atoms with Gasteiger partial charge in [0.25, 0.3) is 0 Å². The Hall–Kier alpha value is -0.835. The van der Waals surface area contributed by atoms with E-state index in [1.54, 1.807) is 12.1 Å². The molecule has 0 unspecified atom stereocenters. The topological polar surface area (TPSA) is 38.7 Å². The zero-order valence-corrected chi connectivity index (χ0v) is 7.93. The van der Waals surface area contributed by atoms with E-state index in [4.69, 9.17) is 9.69 Å². The molecule has 0 aliphatic heterocycles. The van der Waals surface area contributed by atoms with Gasteiger partial charge in [-0.05, 0) is 24.2 Å². The van der Waals surface area contributed by atoms with Gasteiger partial charge in [0.2, 0.25) is 0 Å². The lowest BCUT2D eigenvalue weighted by atomic mass is 9.80. The largest absolute Gasteiger partial charge is 0.523 e. The molecule has 0 bridgehead atoms. The molecule has 14 heavy (non-hydrogen) atoms. The highest BCUT2D eigenvalue weighted by Crippen LogP contribution is 2.28. The lowest BCUT2D eigenvalue weighted by molar-refractivity contribution is -0.223. The summed E-state index contributed by atoms with van der Waals surface area (Å²) in [4.78, 5) is 9.76. The fourth-order valence-corrected chi connectivity index (χ4v) is 1.16. The van der Waals surface area contributed by atoms with Crippen LogP contribution in [0.15, 0.2) is 30.3 Å². The van der Waals surface area contributed by atoms with Gasteiger partial charge in [-0.1, -0.05) is 30.3 Å². The predicted octanol–water partition coefficient (Wildman–Crippen LogP) is 0.732. The third kappa shape index (κ3) is 2.84. The second-order valence-corrected chi connectivity index (χ2v) is 3.59. The molecule has 0 aromatic heterocycles. The molecule has 1 aromatic rings. The van der Waals surface area contributed by atoms with E-state index in [0.29, 0.717) is 18.0 Å². The predicted molar refractivity (Wildman–Crippen MR) is 53.8 cm³/mol. The fraction of sp³-hybridized carbons (Fsp3) is 0.400. The van der Waals surface area contributed by atoms with Gasteiger partial charge in [-0.3, -0.25) is 4.81 Å². The SMILES string of the molecule is OB(OOCC1CC1)c1ccccc1. The van der Waals surface area contributed by atoms with Crippen LogP contribution in [0, 0.1) is 5.92 Å². The minimum absolute atomic E-state index is 0.587. The molecule has 0 amide bonds. The molecule has 2 rings (SSSR count). The van der Waals surface area contributed by atoms with E-state index in [1.165, 1.54) is 12.8 Å². The molecule has 0 spiro atoms. The van der Waals surface area contributed by atoms with Crippen molar-refractivity contribution in [2.75, 3.05) is 6.61 Å². The van der Waals surface area contributed by atoms with Crippen LogP contribution in [0.3, 0.4) is 0 Å². The molecule has 1 aromatic carbocycles. The first-order valence-corrected chi connectivity index (χ1v) is 4.87. The Kier molecular flexibility index (Phi) is 3.19. The van der Waals surface area contributed by atoms with Crippen molar-refractivity contribution in [1.29, 1.82) is 0 Å². The molecule has 0 atom stereocenters. The summed E-state index contributed by atoms with van der Waals surface area (Å²) in [5.41, 5.74) is 0.711. The quantitative estimate of drug-likeness (QED) is 0.424. The Balaban J connectivity index is 1.74. The van der Waals surface area contributed by atoms with Crippen LogP contribution in [0.25, 0.3) is 0 Å². The first kappa shape index (κ1) is 9.71. The Labute approximate surface area is 83.7 Å². The molecule has 1 aliphatic rings. The molecule has 1 N–H and O–H groups in total. The molecule has 1 aliphatic carbocycles. The van der Waals surface area contributed by atoms with Crippen LogP contribution in [0.4, 0.5) is 0 Å². The van der Waals surface area contributed by atoms with Crippen LogP contribution < -0.4 is 5.46 Å². The molecular formula is C10H13BO3. The summed E-state index contributed by atoms with van der Waals surface area (Å²) in [5, 5.41) is 9.51. The number of rotatable bonds is 5. The van der Waals surface area contributed by atoms with Crippen LogP contribution in [-0.4, -0.2) is 18.7 Å². The Morgan fingerprint density at radius 1 is 1.29 bits per heavy atom. The van der Waals surface area contributed by atoms with E-state index in [1.807, 2.05) is 18.2 Å². The zero-order chi connectivity index (χ0) is 9.80. The fourth-order valence-electron chi connectivity index (χ4n) is 1.16. The standard InChI is InChI=1S/C10H13BO3/c12-11(10-4-2-1-3-5-10)14-13-8-9-6-7-9/h1-5,9,12H,6-8H2. The highest BCUT2D eigenvalue weighted by Gasteiger charge is 2.24. The lowest BCUT2D eigenvalue weighted by Gasteiger charge is -2.06. The zero-order valence-electron chi connectivity index (χ0n) is 7.93. The third-order valence-corrected chi connectivity index (χ3v) is 2.24. The van der Waals surface area contributed by atoms with Crippen LogP contribution >= 0.6 is 0 Å². The van der Waals surface area contributed by atoms with Crippen molar-refractivity contribution in [1.82, 2.24) is 0 Å². The van der Waals surface area contributed by atoms with Crippen molar-refractivity contribution in [3.63, 3.8) is 0 Å². The van der Waals surface area contributed by atoms with Crippen LogP contribution in [0.5, 0.6) is 0 Å². The van der Waals surface area contributed by atoms with Gasteiger partial charge < -0.3 is 5.02 Å². The number of hydrogen-bond donors (Lipinski definition) is 1. The minimum atomic E-state index is -0.977. The summed E-state index contributed by atoms with van der Waals surface area (Å²) in [7, 11) is -0.977. The highest BCUT2D eigenvalue weighted by molar-refractivity contribution is 6.59. The monoisotopic (exact) mass is 192 g/mol. The van der Waals surface area contributed by atoms with Crippen molar-refractivity contribution in [3.8, 4) is 0 Å². The van der Waals surface area contributed by atoms with Crippen molar-refractivity contribution >= 4 is 12.6 Å². The molecule has 74 valence electrons. The van der Waals surface area contributed by atoms with Crippen molar-refractivity contribution in [2.45, 2.75) is 12.8 Å². The summed E-state index contributed by atoms with van der Waals surface area (Å²) in [6, 6.07) is 9.18. The van der Waals surface area contributed by atoms with Gasteiger partial charge in [0, 0.05) is 0 Å². The minimum Gasteiger partial charge on any atom is -0.422 e. The molecule has 0 radical (unpaired) electrons. The number of benzene rings is 1. The van der Waals surface area contributed by atoms with Gasteiger partial charge in [0.15, 0.2) is 0 Å². The summed E-state index contributed by atoms with van der Waals surface area (Å²) in [5.74, 6) is 0.637. The summed E-state index contributed by atoms with van der Waals surface area (Å²) in [6.07, 6.45) is 2.43. The van der Waals surface area contributed by atoms with Crippen molar-refractivity contribution in [2.24, 2.45) is 5.92 Å². The van der Waals surface area contributed by atoms with E-state index in [0.717, 1.165) is 0 Å². The molecule has 3 nitrogen and oxygen atoms in total. The lowest BCUT2D eigenvalue weighted by Crippen LogP contribution is -2.33. The van der Waals surface area contributed by atoms with Crippen molar-refractivity contribution in [3.05, 3.63) is 30.3 Å². The maximum Gasteiger partial charge on any atom is 0.523 e. The third-order valence-electron chi connectivity index (χ3n) is 2.24. The van der Waals surface area contributed by atoms with E-state index in [9.17, 15) is 5.02 Å². The van der Waals surface area contributed by atoms with Crippen LogP contribution in [0.2, 0.25) is 0 Å². The molecule has 4 heteroatoms. The van der Waals surface area contributed by atoms with E-state index in [2.05, 4.69) is 0 Å². The van der Waals surface area contributed by atoms with E-state index in [-0.39, 0.29) is 0 Å². The van der Waals surface area contributed by atoms with E-state index < -0.39 is 7.12 Å². The Morgan fingerprint density at radius 3 is 2.64 bits per heavy atom. The van der Waals surface area contributed by atoms with E-state index >= 15 is 0 Å². The molecule has 1 fully saturated rings. The molecule has 0 heterocycles. The number of hydrogen-bond acceptors (Lipinski definition) is 3. The molecular weight excluding hydrogens is 179 g/mol. The smallest absolute Gasteiger partial charge is 0.422 e. The Bertz CT molecular complexity index is 274. The summed E-state index contributed by atoms with van der Waals surface area (Å²) in [6.45, 7) is 0.587. The maximum absolute atomic E-state index is 9.51. The first-order valence-electron chi connectivity index (χ1n) is 4.87. The van der Waals surface area contributed by atoms with Gasteiger partial charge >= 0.3 is 7.12 Å². The van der Waals surface area contributed by atoms with Gasteiger partial charge in [0.1, 0.15) is 0 Å². The van der Waals surface area contributed by atoms with Gasteiger partial charge in [0.05, 0.1) is 6.61 Å². The first-order chi connectivity index (χ1) is 6.86. The van der Waals surface area contributed by atoms with Gasteiger partial charge in [-0.25, -0.2) is 4.89 Å². The van der Waals surface area contributed by atoms with Gasteiger partial charge in [-0.15, -0.1) is 0 Å². The van der Waals surface area contributed by atoms with Crippen LogP contribution in [-0.2, 0) is 9.69 Å². The van der Waals surface area contributed by atoms with Crippen molar-refractivity contribution < 1.29 is 14.7 Å². The van der Waals surface area contributed by atoms with Crippen LogP contribution in [0.1, 0.15) is 12.8 Å².